The van der Waals surface area contributed by atoms with E-state index in [1.54, 1.807) is 41.4 Å². The van der Waals surface area contributed by atoms with Gasteiger partial charge in [-0.25, -0.2) is 8.42 Å². The fourth-order valence-electron chi connectivity index (χ4n) is 4.64. The van der Waals surface area contributed by atoms with Gasteiger partial charge in [0.15, 0.2) is 0 Å². The molecular weight excluding hydrogens is 608 g/mol. The summed E-state index contributed by atoms with van der Waals surface area (Å²) < 4.78 is 73.5. The molecule has 0 saturated carbocycles. The fraction of sp³-hybridized carbons (Fsp3) is 0.370. The topological polar surface area (TPSA) is 66.9 Å². The number of sulfonamides is 1. The van der Waals surface area contributed by atoms with Crippen molar-refractivity contribution in [3.8, 4) is 0 Å². The zero-order valence-corrected chi connectivity index (χ0v) is 24.6. The molecule has 1 aliphatic rings. The summed E-state index contributed by atoms with van der Waals surface area (Å²) in [6, 6.07) is 9.85. The van der Waals surface area contributed by atoms with Gasteiger partial charge in [0.1, 0.15) is 0 Å². The van der Waals surface area contributed by atoms with Crippen LogP contribution >= 0.6 is 34.5 Å². The van der Waals surface area contributed by atoms with Crippen LogP contribution in [-0.4, -0.2) is 56.4 Å². The number of carbonyl (C=O) groups excluding carboxylic acids is 1. The van der Waals surface area contributed by atoms with Crippen molar-refractivity contribution >= 4 is 50.5 Å². The number of carbonyl (C=O) groups is 1. The second kappa shape index (κ2) is 12.8. The Morgan fingerprint density at radius 3 is 2.62 bits per heavy atom. The largest absolute Gasteiger partial charge is 0.416 e. The highest BCUT2D eigenvalue weighted by atomic mass is 35.5. The summed E-state index contributed by atoms with van der Waals surface area (Å²) in [6.45, 7) is 2.06. The number of rotatable bonds is 10. The molecule has 1 atom stereocenters. The van der Waals surface area contributed by atoms with Gasteiger partial charge < -0.3 is 9.64 Å². The second-order valence-corrected chi connectivity index (χ2v) is 12.9. The Labute approximate surface area is 245 Å². The number of thiophene rings is 1. The van der Waals surface area contributed by atoms with Crippen molar-refractivity contribution in [3.63, 3.8) is 0 Å². The maximum absolute atomic E-state index is 13.8. The summed E-state index contributed by atoms with van der Waals surface area (Å²) in [5.41, 5.74) is 0.437. The summed E-state index contributed by atoms with van der Waals surface area (Å²) in [6.07, 6.45) is -3.90. The van der Waals surface area contributed by atoms with Crippen molar-refractivity contribution in [1.29, 1.82) is 0 Å². The molecule has 1 unspecified atom stereocenters. The molecule has 1 aliphatic heterocycles. The van der Waals surface area contributed by atoms with Gasteiger partial charge in [0.2, 0.25) is 15.9 Å². The summed E-state index contributed by atoms with van der Waals surface area (Å²) >= 11 is 14.2. The van der Waals surface area contributed by atoms with E-state index in [1.807, 2.05) is 11.4 Å². The number of nitrogens with zero attached hydrogens (tertiary/aromatic N) is 2. The van der Waals surface area contributed by atoms with Gasteiger partial charge in [0.05, 0.1) is 23.0 Å². The molecule has 0 spiro atoms. The first-order chi connectivity index (χ1) is 18.9. The fourth-order valence-corrected chi connectivity index (χ4v) is 7.53. The summed E-state index contributed by atoms with van der Waals surface area (Å²) in [7, 11) is -4.46. The van der Waals surface area contributed by atoms with Gasteiger partial charge in [-0.05, 0) is 72.7 Å². The van der Waals surface area contributed by atoms with Gasteiger partial charge in [-0.2, -0.15) is 17.5 Å². The number of fused-ring (bicyclic) bond motifs is 1. The van der Waals surface area contributed by atoms with E-state index in [0.717, 1.165) is 32.9 Å². The molecule has 0 saturated heterocycles. The number of halogens is 5. The van der Waals surface area contributed by atoms with E-state index < -0.39 is 45.2 Å². The van der Waals surface area contributed by atoms with E-state index in [2.05, 4.69) is 0 Å². The molecule has 6 nitrogen and oxygen atoms in total. The van der Waals surface area contributed by atoms with Gasteiger partial charge in [-0.15, -0.1) is 11.3 Å². The van der Waals surface area contributed by atoms with E-state index in [-0.39, 0.29) is 19.6 Å². The molecule has 0 N–H and O–H groups in total. The first-order valence-corrected chi connectivity index (χ1v) is 15.6. The molecule has 1 amide bonds. The van der Waals surface area contributed by atoms with E-state index in [4.69, 9.17) is 27.9 Å². The van der Waals surface area contributed by atoms with Crippen molar-refractivity contribution in [1.82, 2.24) is 9.21 Å². The van der Waals surface area contributed by atoms with Crippen LogP contribution in [0.1, 0.15) is 41.0 Å². The normalized spacial score (nSPS) is 15.9. The smallest absolute Gasteiger partial charge is 0.382 e. The van der Waals surface area contributed by atoms with Crippen molar-refractivity contribution in [3.05, 3.63) is 85.5 Å². The molecule has 0 fully saturated rings. The molecule has 0 radical (unpaired) electrons. The molecule has 0 bridgehead atoms. The van der Waals surface area contributed by atoms with Gasteiger partial charge in [-0.3, -0.25) is 4.79 Å². The Kier molecular flexibility index (Phi) is 9.85. The third-order valence-electron chi connectivity index (χ3n) is 6.55. The Balaban J connectivity index is 1.68. The van der Waals surface area contributed by atoms with Crippen LogP contribution in [0.2, 0.25) is 10.0 Å². The molecule has 216 valence electrons. The highest BCUT2D eigenvalue weighted by molar-refractivity contribution is 7.89. The molecule has 40 heavy (non-hydrogen) atoms. The number of hydrogen-bond acceptors (Lipinski definition) is 5. The van der Waals surface area contributed by atoms with E-state index >= 15 is 0 Å². The third kappa shape index (κ3) is 6.83. The van der Waals surface area contributed by atoms with Crippen LogP contribution in [0.25, 0.3) is 0 Å². The summed E-state index contributed by atoms with van der Waals surface area (Å²) in [5, 5.41) is 2.72. The lowest BCUT2D eigenvalue weighted by atomic mass is 9.93. The average Bonchev–Trinajstić information content (AvgIpc) is 3.39. The van der Waals surface area contributed by atoms with Gasteiger partial charge >= 0.3 is 6.18 Å². The minimum Gasteiger partial charge on any atom is -0.382 e. The minimum absolute atomic E-state index is 0.117. The quantitative estimate of drug-likeness (QED) is 0.234. The maximum Gasteiger partial charge on any atom is 0.416 e. The lowest BCUT2D eigenvalue weighted by Crippen LogP contribution is -2.47. The summed E-state index contributed by atoms with van der Waals surface area (Å²) in [5.74, 6) is -0.500. The minimum atomic E-state index is -4.72. The SMILES string of the molecule is CCOCCCN(CC(=O)N1CCc2sccc2C1c1ccc(Cl)cc1Cl)S(=O)(=O)c1cccc(C(F)(F)F)c1. The van der Waals surface area contributed by atoms with Crippen molar-refractivity contribution in [2.75, 3.05) is 32.8 Å². The van der Waals surface area contributed by atoms with Crippen LogP contribution in [0.4, 0.5) is 13.2 Å². The van der Waals surface area contributed by atoms with Gasteiger partial charge in [0, 0.05) is 41.2 Å². The molecule has 0 aliphatic carbocycles. The van der Waals surface area contributed by atoms with Crippen molar-refractivity contribution in [2.24, 2.45) is 0 Å². The maximum atomic E-state index is 13.8. The third-order valence-corrected chi connectivity index (χ3v) is 9.95. The van der Waals surface area contributed by atoms with Crippen LogP contribution in [0.3, 0.4) is 0 Å². The van der Waals surface area contributed by atoms with Crippen molar-refractivity contribution in [2.45, 2.75) is 36.9 Å². The monoisotopic (exact) mass is 634 g/mol. The molecule has 13 heteroatoms. The molecule has 1 aromatic heterocycles. The van der Waals surface area contributed by atoms with Crippen LogP contribution in [0.5, 0.6) is 0 Å². The highest BCUT2D eigenvalue weighted by Crippen LogP contribution is 2.41. The highest BCUT2D eigenvalue weighted by Gasteiger charge is 2.37. The lowest BCUT2D eigenvalue weighted by Gasteiger charge is -2.38. The van der Waals surface area contributed by atoms with Crippen LogP contribution in [0.15, 0.2) is 58.8 Å². The van der Waals surface area contributed by atoms with Gasteiger partial charge in [-0.1, -0.05) is 35.3 Å². The average molecular weight is 636 g/mol. The van der Waals surface area contributed by atoms with Gasteiger partial charge in [0.25, 0.3) is 0 Å². The predicted molar refractivity (Wildman–Crippen MR) is 149 cm³/mol. The Hall–Kier alpha value is -2.15. The first kappa shape index (κ1) is 30.8. The standard InChI is InChI=1S/C27H27Cl2F3N2O4S2/c1-2-38-13-4-11-33(40(36,37)20-6-3-5-18(15-20)27(30,31)32)17-25(35)34-12-9-24-22(10-14-39-24)26(34)21-8-7-19(28)16-23(21)29/h3,5-8,10,14-16,26H,2,4,9,11-13,17H2,1H3. The Morgan fingerprint density at radius 2 is 1.93 bits per heavy atom. The zero-order chi connectivity index (χ0) is 29.1. The molecule has 2 aromatic carbocycles. The summed E-state index contributed by atoms with van der Waals surface area (Å²) in [4.78, 5) is 16.0. The number of amides is 1. The zero-order valence-electron chi connectivity index (χ0n) is 21.5. The number of ether oxygens (including phenoxy) is 1. The first-order valence-electron chi connectivity index (χ1n) is 12.5. The number of alkyl halides is 3. The lowest BCUT2D eigenvalue weighted by molar-refractivity contribution is -0.137. The van der Waals surface area contributed by atoms with E-state index in [9.17, 15) is 26.4 Å². The number of hydrogen-bond donors (Lipinski definition) is 0. The Morgan fingerprint density at radius 1 is 1.15 bits per heavy atom. The number of benzene rings is 2. The van der Waals surface area contributed by atoms with Crippen molar-refractivity contribution < 1.29 is 31.1 Å². The molecule has 4 rings (SSSR count). The molecule has 2 heterocycles. The molecular formula is C27H27Cl2F3N2O4S2. The molecule has 3 aromatic rings. The van der Waals surface area contributed by atoms with E-state index in [1.165, 1.54) is 0 Å². The predicted octanol–water partition coefficient (Wildman–Crippen LogP) is 6.67. The van der Waals surface area contributed by atoms with Crippen LogP contribution in [-0.2, 0) is 32.2 Å². The Bertz CT molecular complexity index is 1460. The second-order valence-electron chi connectivity index (χ2n) is 9.12. The van der Waals surface area contributed by atoms with Crippen LogP contribution < -0.4 is 0 Å². The van der Waals surface area contributed by atoms with Crippen LogP contribution in [0, 0.1) is 0 Å². The van der Waals surface area contributed by atoms with E-state index in [0.29, 0.717) is 41.2 Å².